The Morgan fingerprint density at radius 1 is 1.07 bits per heavy atom. The number of nitrogens with one attached hydrogen (secondary N) is 2. The zero-order valence-electron chi connectivity index (χ0n) is 36.8. The number of nitrogens with zero attached hydrogens (tertiary/aromatic N) is 3. The number of aldehydes is 1. The fraction of sp³-hybridized carbons (Fsp3) is 0.682. The summed E-state index contributed by atoms with van der Waals surface area (Å²) < 4.78 is 9.65. The van der Waals surface area contributed by atoms with E-state index in [0.29, 0.717) is 42.9 Å². The Labute approximate surface area is 352 Å². The van der Waals surface area contributed by atoms with Crippen molar-refractivity contribution in [1.82, 2.24) is 20.5 Å². The van der Waals surface area contributed by atoms with E-state index >= 15 is 0 Å². The maximum atomic E-state index is 13.5. The number of esters is 1. The van der Waals surface area contributed by atoms with Crippen LogP contribution in [0, 0.1) is 22.9 Å². The van der Waals surface area contributed by atoms with Crippen LogP contribution < -0.4 is 16.4 Å². The largest absolute Gasteiger partial charge is 0.455 e. The Morgan fingerprint density at radius 2 is 1.69 bits per heavy atom. The molecule has 2 aromatic rings. The second kappa shape index (κ2) is 31.9. The van der Waals surface area contributed by atoms with Gasteiger partial charge in [0.05, 0.1) is 7.11 Å². The second-order valence-corrected chi connectivity index (χ2v) is 16.4. The van der Waals surface area contributed by atoms with Crippen molar-refractivity contribution in [3.8, 4) is 6.26 Å². The Morgan fingerprint density at radius 3 is 2.17 bits per heavy atom. The quantitative estimate of drug-likeness (QED) is 0.0315. The molecule has 0 aliphatic carbocycles. The number of aliphatic hydroxyl groups is 1. The first-order valence-electron chi connectivity index (χ1n) is 20.8. The fourth-order valence-corrected chi connectivity index (χ4v) is 7.27. The number of piperidine rings is 1. The van der Waals surface area contributed by atoms with Gasteiger partial charge in [0.2, 0.25) is 5.91 Å². The maximum Gasteiger partial charge on any atom is 0.303 e. The maximum absolute atomic E-state index is 13.5. The van der Waals surface area contributed by atoms with Crippen molar-refractivity contribution < 1.29 is 33.8 Å². The highest BCUT2D eigenvalue weighted by Gasteiger charge is 2.32. The number of aromatic nitrogens is 1. The van der Waals surface area contributed by atoms with Crippen LogP contribution in [0.5, 0.6) is 0 Å². The molecule has 13 nitrogen and oxygen atoms in total. The molecule has 1 aliphatic rings. The molecule has 58 heavy (non-hydrogen) atoms. The van der Waals surface area contributed by atoms with Gasteiger partial charge in [-0.25, -0.2) is 4.98 Å². The number of hydrogen-bond acceptors (Lipinski definition) is 12. The number of nitrogen functional groups attached to an aromatic ring is 1. The molecule has 0 radical (unpaired) electrons. The van der Waals surface area contributed by atoms with Gasteiger partial charge in [-0.15, -0.1) is 11.3 Å². The number of aliphatic hydroxyl groups excluding tert-OH is 1. The number of nitrogens with two attached hydrogens (primary N) is 1. The lowest BCUT2D eigenvalue weighted by Crippen LogP contribution is -2.45. The molecule has 2 amide bonds. The predicted molar refractivity (Wildman–Crippen MR) is 233 cm³/mol. The number of amides is 2. The first-order valence-corrected chi connectivity index (χ1v) is 21.7. The standard InChI is InChI=1S/C36H56N4O5S.C5H11N.C2H3NO.CH4O/c1-8-10-12-13-19-40(33(43)14-11-9-2)31(25(3)4)21-32(45-26(5)42)35-39-30(23-46-35)34(44)38-29(22-36(6,7)24-41)20-27-15-17-28(37)18-16-27;1-2-4-6-5-3-1;1-4-2-3;1-2/h15-18,23-25,29,31-32H,8-14,19-22,37H2,1-7H3,(H,38,44);6H,1-5H2;1H3;2H,1H3. The smallest absolute Gasteiger partial charge is 0.303 e. The van der Waals surface area contributed by atoms with E-state index in [1.165, 1.54) is 64.0 Å². The first-order chi connectivity index (χ1) is 27.7. The van der Waals surface area contributed by atoms with E-state index in [-0.39, 0.29) is 35.5 Å². The van der Waals surface area contributed by atoms with Gasteiger partial charge in [-0.2, -0.15) is 5.26 Å². The average Bonchev–Trinajstić information content (AvgIpc) is 3.72. The molecule has 2 heterocycles. The summed E-state index contributed by atoms with van der Waals surface area (Å²) in [7, 11) is 2.32. The molecule has 0 spiro atoms. The Balaban J connectivity index is 0.00000234. The van der Waals surface area contributed by atoms with Gasteiger partial charge in [-0.05, 0) is 75.2 Å². The summed E-state index contributed by atoms with van der Waals surface area (Å²) in [4.78, 5) is 57.6. The van der Waals surface area contributed by atoms with Crippen LogP contribution in [0.1, 0.15) is 153 Å². The monoisotopic (exact) mass is 831 g/mol. The number of carbonyl (C=O) groups excluding carboxylic acids is 4. The van der Waals surface area contributed by atoms with Crippen molar-refractivity contribution in [1.29, 1.82) is 5.26 Å². The molecule has 1 saturated heterocycles. The SMILES string of the molecule is C1CCNCC1.CCCCCCN(C(=O)CCCC)C(CC(OC(C)=O)c1nc(C(=O)NC(Cc2ccc(N)cc2)CC(C)(C)C=O)cs1)C(C)C.CO.COC#N. The number of benzene rings is 1. The molecule has 0 bridgehead atoms. The normalized spacial score (nSPS) is 13.6. The van der Waals surface area contributed by atoms with Crippen LogP contribution in [0.15, 0.2) is 29.6 Å². The minimum Gasteiger partial charge on any atom is -0.455 e. The Kier molecular flexibility index (Phi) is 29.6. The van der Waals surface area contributed by atoms with Crippen LogP contribution in [0.4, 0.5) is 5.69 Å². The van der Waals surface area contributed by atoms with Crippen LogP contribution >= 0.6 is 11.3 Å². The third-order valence-corrected chi connectivity index (χ3v) is 10.4. The van der Waals surface area contributed by atoms with Crippen molar-refractivity contribution in [3.63, 3.8) is 0 Å². The molecule has 3 rings (SSSR count). The summed E-state index contributed by atoms with van der Waals surface area (Å²) in [5.41, 5.74) is 7.08. The third kappa shape index (κ3) is 23.4. The van der Waals surface area contributed by atoms with Gasteiger partial charge in [0.15, 0.2) is 6.10 Å². The molecule has 1 aromatic heterocycles. The van der Waals surface area contributed by atoms with Crippen LogP contribution in [0.3, 0.4) is 0 Å². The van der Waals surface area contributed by atoms with E-state index in [1.54, 1.807) is 5.38 Å². The average molecular weight is 831 g/mol. The molecular formula is C44H74N6O7S. The van der Waals surface area contributed by atoms with Crippen LogP contribution in [-0.4, -0.2) is 85.0 Å². The second-order valence-electron chi connectivity index (χ2n) is 15.5. The third-order valence-electron chi connectivity index (χ3n) is 9.47. The van der Waals surface area contributed by atoms with Crippen LogP contribution in [0.25, 0.3) is 0 Å². The number of thiazole rings is 1. The molecule has 1 aliphatic heterocycles. The summed E-state index contributed by atoms with van der Waals surface area (Å²) in [6, 6.07) is 6.97. The zero-order valence-corrected chi connectivity index (χ0v) is 37.6. The van der Waals surface area contributed by atoms with Gasteiger partial charge in [-0.3, -0.25) is 14.4 Å². The van der Waals surface area contributed by atoms with E-state index in [9.17, 15) is 19.2 Å². The van der Waals surface area contributed by atoms with Gasteiger partial charge in [-0.1, -0.05) is 85.8 Å². The minimum absolute atomic E-state index is 0.118. The zero-order chi connectivity index (χ0) is 43.9. The van der Waals surface area contributed by atoms with E-state index in [0.717, 1.165) is 57.5 Å². The van der Waals surface area contributed by atoms with E-state index in [4.69, 9.17) is 20.8 Å². The molecule has 328 valence electrons. The predicted octanol–water partition coefficient (Wildman–Crippen LogP) is 7.78. The summed E-state index contributed by atoms with van der Waals surface area (Å²) in [6.45, 7) is 16.6. The Hall–Kier alpha value is -4.06. The number of rotatable bonds is 21. The highest BCUT2D eigenvalue weighted by Crippen LogP contribution is 2.32. The van der Waals surface area contributed by atoms with Crippen molar-refractivity contribution >= 4 is 41.1 Å². The summed E-state index contributed by atoms with van der Waals surface area (Å²) in [5.74, 6) is -0.560. The lowest BCUT2D eigenvalue weighted by Gasteiger charge is -2.36. The van der Waals surface area contributed by atoms with Crippen molar-refractivity contribution in [3.05, 3.63) is 45.9 Å². The summed E-state index contributed by atoms with van der Waals surface area (Å²) in [6.07, 6.45) is 13.7. The number of nitriles is 1. The van der Waals surface area contributed by atoms with Gasteiger partial charge >= 0.3 is 5.97 Å². The summed E-state index contributed by atoms with van der Waals surface area (Å²) >= 11 is 1.27. The molecule has 3 unspecified atom stereocenters. The number of methoxy groups -OCH3 is 1. The number of hydrogen-bond donors (Lipinski definition) is 4. The van der Waals surface area contributed by atoms with E-state index < -0.39 is 17.5 Å². The molecule has 1 aromatic carbocycles. The van der Waals surface area contributed by atoms with Crippen LogP contribution in [0.2, 0.25) is 0 Å². The molecule has 14 heteroatoms. The lowest BCUT2D eigenvalue weighted by atomic mass is 9.85. The number of anilines is 1. The number of unbranched alkanes of at least 4 members (excludes halogenated alkanes) is 4. The van der Waals surface area contributed by atoms with Crippen molar-refractivity contribution in [2.45, 2.75) is 150 Å². The minimum atomic E-state index is -0.701. The van der Waals surface area contributed by atoms with Crippen molar-refractivity contribution in [2.75, 3.05) is 39.6 Å². The van der Waals surface area contributed by atoms with Crippen molar-refractivity contribution in [2.24, 2.45) is 11.3 Å². The van der Waals surface area contributed by atoms with Crippen LogP contribution in [-0.2, 0) is 30.3 Å². The van der Waals surface area contributed by atoms with E-state index in [1.807, 2.05) is 43.0 Å². The highest BCUT2D eigenvalue weighted by molar-refractivity contribution is 7.09. The highest BCUT2D eigenvalue weighted by atomic mass is 32.1. The summed E-state index contributed by atoms with van der Waals surface area (Å²) in [5, 5.41) is 23.0. The number of carbonyl (C=O) groups is 4. The van der Waals surface area contributed by atoms with Gasteiger partial charge < -0.3 is 40.6 Å². The topological polar surface area (TPSA) is 197 Å². The first kappa shape index (κ1) is 53.9. The van der Waals surface area contributed by atoms with Gasteiger partial charge in [0.25, 0.3) is 12.2 Å². The fourth-order valence-electron chi connectivity index (χ4n) is 6.43. The molecule has 5 N–H and O–H groups in total. The molecule has 0 saturated carbocycles. The molecule has 1 fully saturated rings. The Bertz CT molecular complexity index is 1450. The lowest BCUT2D eigenvalue weighted by molar-refractivity contribution is -0.148. The van der Waals surface area contributed by atoms with Gasteiger partial charge in [0, 0.05) is 62.0 Å². The molecular weight excluding hydrogens is 757 g/mol. The number of ether oxygens (including phenoxy) is 2. The van der Waals surface area contributed by atoms with E-state index in [2.05, 4.69) is 48.0 Å². The van der Waals surface area contributed by atoms with Gasteiger partial charge in [0.1, 0.15) is 17.0 Å². The molecule has 3 atom stereocenters.